The minimum atomic E-state index is -4.21. The van der Waals surface area contributed by atoms with Gasteiger partial charge in [-0.15, -0.1) is 0 Å². The van der Waals surface area contributed by atoms with E-state index in [1.165, 1.54) is 51.4 Å². The number of hydrogen-bond acceptors (Lipinski definition) is 6. The van der Waals surface area contributed by atoms with Crippen molar-refractivity contribution in [2.75, 3.05) is 54.1 Å². The van der Waals surface area contributed by atoms with E-state index in [1.54, 1.807) is 6.92 Å². The van der Waals surface area contributed by atoms with Crippen LogP contribution in [-0.2, 0) is 27.9 Å². The van der Waals surface area contributed by atoms with Crippen LogP contribution in [0.1, 0.15) is 84.5 Å². The number of hydrogen-bond donors (Lipinski definition) is 1. The standard InChI is InChI=1S/C23H48NO7P/c1-6-8-9-10-11-12-13-14-15-16-18-28-20-22(31-23(25)7-2)21-30-32(26,27)29-19-17-24(3,4)5/h22H,6-21H2,1-5H3/p+1. The summed E-state index contributed by atoms with van der Waals surface area (Å²) in [6.07, 6.45) is 11.9. The summed E-state index contributed by atoms with van der Waals surface area (Å²) in [5, 5.41) is 0. The second kappa shape index (κ2) is 18.9. The third kappa shape index (κ3) is 21.4. The zero-order chi connectivity index (χ0) is 24.3. The first-order chi connectivity index (χ1) is 15.1. The Kier molecular flexibility index (Phi) is 18.6. The van der Waals surface area contributed by atoms with E-state index < -0.39 is 19.9 Å². The molecule has 0 aromatic carbocycles. The van der Waals surface area contributed by atoms with Crippen molar-refractivity contribution in [3.63, 3.8) is 0 Å². The summed E-state index contributed by atoms with van der Waals surface area (Å²) in [4.78, 5) is 21.5. The van der Waals surface area contributed by atoms with Gasteiger partial charge < -0.3 is 18.9 Å². The summed E-state index contributed by atoms with van der Waals surface area (Å²) < 4.78 is 33.6. The first kappa shape index (κ1) is 31.5. The Hall–Kier alpha value is -0.500. The molecule has 9 heteroatoms. The van der Waals surface area contributed by atoms with Crippen molar-refractivity contribution in [1.82, 2.24) is 0 Å². The smallest absolute Gasteiger partial charge is 0.457 e. The molecule has 0 radical (unpaired) electrons. The van der Waals surface area contributed by atoms with Gasteiger partial charge in [-0.3, -0.25) is 13.8 Å². The normalized spacial score (nSPS) is 14.8. The quantitative estimate of drug-likeness (QED) is 0.0995. The molecule has 0 amide bonds. The first-order valence-electron chi connectivity index (χ1n) is 12.3. The van der Waals surface area contributed by atoms with Gasteiger partial charge in [0, 0.05) is 13.0 Å². The minimum absolute atomic E-state index is 0.0892. The maximum Gasteiger partial charge on any atom is 0.472 e. The largest absolute Gasteiger partial charge is 0.472 e. The van der Waals surface area contributed by atoms with Crippen LogP contribution in [0.2, 0.25) is 0 Å². The van der Waals surface area contributed by atoms with Crippen LogP contribution in [0.25, 0.3) is 0 Å². The fourth-order valence-corrected chi connectivity index (χ4v) is 3.68. The van der Waals surface area contributed by atoms with Gasteiger partial charge in [0.1, 0.15) is 19.3 Å². The molecule has 0 aromatic rings. The summed E-state index contributed by atoms with van der Waals surface area (Å²) in [6, 6.07) is 0. The van der Waals surface area contributed by atoms with Crippen LogP contribution in [0.5, 0.6) is 0 Å². The van der Waals surface area contributed by atoms with Crippen LogP contribution >= 0.6 is 7.82 Å². The molecule has 0 heterocycles. The number of quaternary nitrogens is 1. The Labute approximate surface area is 196 Å². The molecule has 2 unspecified atom stereocenters. The first-order valence-corrected chi connectivity index (χ1v) is 13.8. The fraction of sp³-hybridized carbons (Fsp3) is 0.957. The summed E-state index contributed by atoms with van der Waals surface area (Å²) >= 11 is 0. The molecule has 0 bridgehead atoms. The number of esters is 1. The zero-order valence-corrected chi connectivity index (χ0v) is 22.1. The molecule has 8 nitrogen and oxygen atoms in total. The molecule has 32 heavy (non-hydrogen) atoms. The van der Waals surface area contributed by atoms with Crippen LogP contribution in [-0.4, -0.2) is 75.6 Å². The highest BCUT2D eigenvalue weighted by molar-refractivity contribution is 7.47. The molecule has 0 saturated carbocycles. The van der Waals surface area contributed by atoms with Gasteiger partial charge in [-0.05, 0) is 6.42 Å². The highest BCUT2D eigenvalue weighted by Crippen LogP contribution is 2.43. The van der Waals surface area contributed by atoms with Crippen molar-refractivity contribution in [2.45, 2.75) is 90.6 Å². The number of carbonyl (C=O) groups excluding carboxylic acids is 1. The van der Waals surface area contributed by atoms with E-state index in [2.05, 4.69) is 6.92 Å². The van der Waals surface area contributed by atoms with Crippen LogP contribution in [0.4, 0.5) is 0 Å². The van der Waals surface area contributed by atoms with Crippen molar-refractivity contribution in [2.24, 2.45) is 0 Å². The lowest BCUT2D eigenvalue weighted by atomic mass is 10.1. The predicted octanol–water partition coefficient (Wildman–Crippen LogP) is 5.09. The Morgan fingerprint density at radius 2 is 1.41 bits per heavy atom. The van der Waals surface area contributed by atoms with E-state index in [0.29, 0.717) is 17.6 Å². The molecule has 192 valence electrons. The van der Waals surface area contributed by atoms with E-state index in [1.807, 2.05) is 21.1 Å². The van der Waals surface area contributed by atoms with Gasteiger partial charge in [-0.25, -0.2) is 4.57 Å². The monoisotopic (exact) mass is 482 g/mol. The van der Waals surface area contributed by atoms with Gasteiger partial charge in [0.15, 0.2) is 0 Å². The molecule has 0 rings (SSSR count). The van der Waals surface area contributed by atoms with Crippen molar-refractivity contribution in [3.8, 4) is 0 Å². The van der Waals surface area contributed by atoms with Gasteiger partial charge in [-0.1, -0.05) is 71.6 Å². The zero-order valence-electron chi connectivity index (χ0n) is 21.2. The van der Waals surface area contributed by atoms with E-state index in [4.69, 9.17) is 18.5 Å². The molecule has 0 spiro atoms. The molecule has 0 aliphatic carbocycles. The van der Waals surface area contributed by atoms with E-state index in [0.717, 1.165) is 12.8 Å². The molecular weight excluding hydrogens is 433 g/mol. The van der Waals surface area contributed by atoms with E-state index in [-0.39, 0.29) is 26.2 Å². The SMILES string of the molecule is CCCCCCCCCCCCOCC(COP(=O)(O)OCC[N+](C)(C)C)OC(=O)CC. The highest BCUT2D eigenvalue weighted by Gasteiger charge is 2.26. The number of phosphoric acid groups is 1. The maximum atomic E-state index is 12.1. The second-order valence-electron chi connectivity index (χ2n) is 9.33. The van der Waals surface area contributed by atoms with Crippen LogP contribution < -0.4 is 0 Å². The lowest BCUT2D eigenvalue weighted by Crippen LogP contribution is -2.37. The number of phosphoric ester groups is 1. The molecule has 0 saturated heterocycles. The number of nitrogens with zero attached hydrogens (tertiary/aromatic N) is 1. The third-order valence-electron chi connectivity index (χ3n) is 4.97. The Morgan fingerprint density at radius 3 is 1.94 bits per heavy atom. The topological polar surface area (TPSA) is 91.3 Å². The minimum Gasteiger partial charge on any atom is -0.457 e. The molecule has 0 aromatic heterocycles. The average Bonchev–Trinajstić information content (AvgIpc) is 2.71. The molecule has 1 N–H and O–H groups in total. The fourth-order valence-electron chi connectivity index (χ4n) is 2.94. The molecular formula is C23H49NO7P+. The molecule has 0 aliphatic rings. The summed E-state index contributed by atoms with van der Waals surface area (Å²) in [6.45, 7) is 5.02. The van der Waals surface area contributed by atoms with Crippen LogP contribution in [0, 0.1) is 0 Å². The number of carbonyl (C=O) groups is 1. The van der Waals surface area contributed by atoms with Crippen molar-refractivity contribution >= 4 is 13.8 Å². The Morgan fingerprint density at radius 1 is 0.844 bits per heavy atom. The van der Waals surface area contributed by atoms with Crippen molar-refractivity contribution < 1.29 is 37.3 Å². The van der Waals surface area contributed by atoms with E-state index >= 15 is 0 Å². The Bertz CT molecular complexity index is 511. The summed E-state index contributed by atoms with van der Waals surface area (Å²) in [5.74, 6) is -0.403. The van der Waals surface area contributed by atoms with Gasteiger partial charge in [-0.2, -0.15) is 0 Å². The molecule has 0 aliphatic heterocycles. The van der Waals surface area contributed by atoms with E-state index in [9.17, 15) is 14.3 Å². The summed E-state index contributed by atoms with van der Waals surface area (Å²) in [5.41, 5.74) is 0. The van der Waals surface area contributed by atoms with Gasteiger partial charge in [0.2, 0.25) is 0 Å². The Balaban J connectivity index is 4.04. The summed E-state index contributed by atoms with van der Waals surface area (Å²) in [7, 11) is 1.66. The number of ether oxygens (including phenoxy) is 2. The van der Waals surface area contributed by atoms with Gasteiger partial charge in [0.05, 0.1) is 34.4 Å². The van der Waals surface area contributed by atoms with Crippen LogP contribution in [0.3, 0.4) is 0 Å². The number of unbranched alkanes of at least 4 members (excludes halogenated alkanes) is 9. The molecule has 0 fully saturated rings. The second-order valence-corrected chi connectivity index (χ2v) is 10.8. The number of rotatable bonds is 22. The van der Waals surface area contributed by atoms with Gasteiger partial charge in [0.25, 0.3) is 0 Å². The maximum absolute atomic E-state index is 12.1. The lowest BCUT2D eigenvalue weighted by Gasteiger charge is -2.24. The number of likely N-dealkylation sites (N-methyl/N-ethyl adjacent to an activating group) is 1. The van der Waals surface area contributed by atoms with Crippen molar-refractivity contribution in [3.05, 3.63) is 0 Å². The van der Waals surface area contributed by atoms with Crippen molar-refractivity contribution in [1.29, 1.82) is 0 Å². The lowest BCUT2D eigenvalue weighted by molar-refractivity contribution is -0.870. The average molecular weight is 483 g/mol. The molecule has 2 atom stereocenters. The highest BCUT2D eigenvalue weighted by atomic mass is 31.2. The predicted molar refractivity (Wildman–Crippen MR) is 127 cm³/mol. The van der Waals surface area contributed by atoms with Crippen LogP contribution in [0.15, 0.2) is 0 Å². The van der Waals surface area contributed by atoms with Gasteiger partial charge >= 0.3 is 13.8 Å². The third-order valence-corrected chi connectivity index (χ3v) is 5.96.